The molecule has 3 aromatic rings. The van der Waals surface area contributed by atoms with Gasteiger partial charge in [0.1, 0.15) is 10.6 Å². The summed E-state index contributed by atoms with van der Waals surface area (Å²) in [6.07, 6.45) is 0. The van der Waals surface area contributed by atoms with Gasteiger partial charge in [-0.2, -0.15) is 0 Å². The molecule has 0 radical (unpaired) electrons. The molecule has 0 bridgehead atoms. The first-order valence-corrected chi connectivity index (χ1v) is 12.0. The second-order valence-electron chi connectivity index (χ2n) is 7.32. The van der Waals surface area contributed by atoms with Gasteiger partial charge in [0, 0.05) is 11.3 Å². The molecule has 0 aliphatic rings. The minimum Gasteiger partial charge on any atom is -0.494 e. The van der Waals surface area contributed by atoms with Crippen molar-refractivity contribution in [3.63, 3.8) is 0 Å². The number of rotatable bonds is 8. The van der Waals surface area contributed by atoms with E-state index in [0.717, 1.165) is 16.9 Å². The summed E-state index contributed by atoms with van der Waals surface area (Å²) in [5.41, 5.74) is 2.41. The Morgan fingerprint density at radius 1 is 1.06 bits per heavy atom. The maximum atomic E-state index is 12.9. The highest BCUT2D eigenvalue weighted by Crippen LogP contribution is 2.26. The van der Waals surface area contributed by atoms with Gasteiger partial charge in [0.05, 0.1) is 17.7 Å². The van der Waals surface area contributed by atoms with Crippen molar-refractivity contribution in [2.24, 2.45) is 0 Å². The zero-order valence-corrected chi connectivity index (χ0v) is 19.6. The number of ether oxygens (including phenoxy) is 1. The molecule has 2 N–H and O–H groups in total. The van der Waals surface area contributed by atoms with Gasteiger partial charge in [-0.1, -0.05) is 35.9 Å². The maximum absolute atomic E-state index is 12.9. The van der Waals surface area contributed by atoms with E-state index in [0.29, 0.717) is 12.3 Å². The minimum atomic E-state index is -3.98. The molecule has 6 nitrogen and oxygen atoms in total. The monoisotopic (exact) mass is 472 g/mol. The van der Waals surface area contributed by atoms with Crippen LogP contribution in [0.25, 0.3) is 0 Å². The summed E-state index contributed by atoms with van der Waals surface area (Å²) in [4.78, 5) is 12.6. The van der Waals surface area contributed by atoms with Gasteiger partial charge >= 0.3 is 0 Å². The van der Waals surface area contributed by atoms with Gasteiger partial charge in [0.15, 0.2) is 0 Å². The van der Waals surface area contributed by atoms with Gasteiger partial charge in [-0.3, -0.25) is 9.52 Å². The van der Waals surface area contributed by atoms with Crippen LogP contribution in [-0.2, 0) is 10.0 Å². The molecule has 0 saturated carbocycles. The van der Waals surface area contributed by atoms with Crippen LogP contribution < -0.4 is 14.8 Å². The minimum absolute atomic E-state index is 0.0289. The van der Waals surface area contributed by atoms with Gasteiger partial charge in [-0.05, 0) is 74.4 Å². The predicted octanol–water partition coefficient (Wildman–Crippen LogP) is 5.34. The van der Waals surface area contributed by atoms with Gasteiger partial charge in [-0.25, -0.2) is 8.42 Å². The lowest BCUT2D eigenvalue weighted by Crippen LogP contribution is -2.27. The Labute approximate surface area is 193 Å². The Morgan fingerprint density at radius 2 is 1.78 bits per heavy atom. The summed E-state index contributed by atoms with van der Waals surface area (Å²) >= 11 is 6.16. The van der Waals surface area contributed by atoms with Gasteiger partial charge < -0.3 is 10.1 Å². The summed E-state index contributed by atoms with van der Waals surface area (Å²) in [5.74, 6) is 0.346. The lowest BCUT2D eigenvalue weighted by molar-refractivity contribution is 0.0939. The molecule has 0 aliphatic heterocycles. The van der Waals surface area contributed by atoms with Crippen molar-refractivity contribution < 1.29 is 17.9 Å². The third kappa shape index (κ3) is 5.81. The van der Waals surface area contributed by atoms with Crippen molar-refractivity contribution in [1.29, 1.82) is 0 Å². The summed E-state index contributed by atoms with van der Waals surface area (Å²) in [5, 5.41) is 2.91. The van der Waals surface area contributed by atoms with Crippen molar-refractivity contribution in [1.82, 2.24) is 5.32 Å². The Kier molecular flexibility index (Phi) is 7.43. The summed E-state index contributed by atoms with van der Waals surface area (Å²) in [6, 6.07) is 18.3. The number of nitrogens with one attached hydrogen (secondary N) is 2. The second-order valence-corrected chi connectivity index (χ2v) is 9.38. The molecule has 0 aromatic heterocycles. The molecule has 0 spiro atoms. The molecule has 0 saturated heterocycles. The van der Waals surface area contributed by atoms with E-state index in [-0.39, 0.29) is 21.5 Å². The van der Waals surface area contributed by atoms with E-state index in [2.05, 4.69) is 10.0 Å². The molecule has 8 heteroatoms. The van der Waals surface area contributed by atoms with E-state index in [1.54, 1.807) is 18.2 Å². The number of benzene rings is 3. The molecular formula is C24H25ClN2O4S. The van der Waals surface area contributed by atoms with Gasteiger partial charge in [0.2, 0.25) is 0 Å². The third-order valence-corrected chi connectivity index (χ3v) is 6.65. The fourth-order valence-electron chi connectivity index (χ4n) is 3.15. The van der Waals surface area contributed by atoms with Crippen LogP contribution in [0.5, 0.6) is 5.75 Å². The molecule has 0 unspecified atom stereocenters. The molecule has 3 aromatic carbocycles. The number of halogens is 1. The first-order valence-electron chi connectivity index (χ1n) is 10.1. The molecule has 0 aliphatic carbocycles. The fraction of sp³-hybridized carbons (Fsp3) is 0.208. The first kappa shape index (κ1) is 23.6. The number of sulfonamides is 1. The molecule has 1 amide bonds. The average Bonchev–Trinajstić information content (AvgIpc) is 2.74. The maximum Gasteiger partial charge on any atom is 0.263 e. The predicted molar refractivity (Wildman–Crippen MR) is 127 cm³/mol. The Hall–Kier alpha value is -3.03. The van der Waals surface area contributed by atoms with Crippen LogP contribution in [0.2, 0.25) is 5.02 Å². The van der Waals surface area contributed by atoms with E-state index in [4.69, 9.17) is 16.3 Å². The van der Waals surface area contributed by atoms with Crippen LogP contribution in [0, 0.1) is 6.92 Å². The van der Waals surface area contributed by atoms with E-state index < -0.39 is 15.9 Å². The zero-order valence-electron chi connectivity index (χ0n) is 18.1. The average molecular weight is 473 g/mol. The summed E-state index contributed by atoms with van der Waals surface area (Å²) < 4.78 is 33.7. The Balaban J connectivity index is 1.78. The number of aryl methyl sites for hydroxylation is 1. The zero-order chi connectivity index (χ0) is 23.3. The van der Waals surface area contributed by atoms with Gasteiger partial charge in [0.25, 0.3) is 15.9 Å². The molecule has 0 fully saturated rings. The smallest absolute Gasteiger partial charge is 0.263 e. The number of hydrogen-bond acceptors (Lipinski definition) is 4. The lowest BCUT2D eigenvalue weighted by Gasteiger charge is -2.16. The molecule has 1 atom stereocenters. The number of carbonyl (C=O) groups is 1. The summed E-state index contributed by atoms with van der Waals surface area (Å²) in [7, 11) is -3.98. The van der Waals surface area contributed by atoms with Crippen LogP contribution in [0.1, 0.15) is 41.4 Å². The Bertz CT molecular complexity index is 1210. The highest BCUT2D eigenvalue weighted by atomic mass is 35.5. The number of amides is 1. The molecule has 0 heterocycles. The largest absolute Gasteiger partial charge is 0.494 e. The van der Waals surface area contributed by atoms with Crippen molar-refractivity contribution in [2.75, 3.05) is 11.3 Å². The van der Waals surface area contributed by atoms with Gasteiger partial charge in [-0.15, -0.1) is 0 Å². The highest BCUT2D eigenvalue weighted by Gasteiger charge is 2.21. The van der Waals surface area contributed by atoms with E-state index in [1.165, 1.54) is 18.2 Å². The molecule has 168 valence electrons. The van der Waals surface area contributed by atoms with Crippen LogP contribution in [0.15, 0.2) is 71.6 Å². The Morgan fingerprint density at radius 3 is 2.44 bits per heavy atom. The lowest BCUT2D eigenvalue weighted by atomic mass is 10.1. The first-order chi connectivity index (χ1) is 15.2. The number of carbonyl (C=O) groups excluding carboxylic acids is 1. The van der Waals surface area contributed by atoms with Crippen LogP contribution >= 0.6 is 11.6 Å². The van der Waals surface area contributed by atoms with Crippen molar-refractivity contribution >= 4 is 33.2 Å². The quantitative estimate of drug-likeness (QED) is 0.463. The van der Waals surface area contributed by atoms with Crippen molar-refractivity contribution in [3.05, 3.63) is 88.4 Å². The fourth-order valence-corrected chi connectivity index (χ4v) is 4.73. The van der Waals surface area contributed by atoms with Crippen molar-refractivity contribution in [3.8, 4) is 5.75 Å². The van der Waals surface area contributed by atoms with E-state index in [9.17, 15) is 13.2 Å². The second kappa shape index (κ2) is 10.1. The summed E-state index contributed by atoms with van der Waals surface area (Å²) in [6.45, 7) is 6.20. The van der Waals surface area contributed by atoms with Crippen LogP contribution in [0.4, 0.5) is 5.69 Å². The highest BCUT2D eigenvalue weighted by molar-refractivity contribution is 7.92. The van der Waals surface area contributed by atoms with Crippen LogP contribution in [-0.4, -0.2) is 20.9 Å². The molecule has 32 heavy (non-hydrogen) atoms. The molecule has 3 rings (SSSR count). The molecular weight excluding hydrogens is 448 g/mol. The standard InChI is InChI=1S/C24H25ClN2O4S/c1-4-31-21-11-8-18(9-12-21)17(3)26-24(28)19-10-13-22(25)23(15-19)32(29,30)27-20-7-5-6-16(2)14-20/h5-15,17,27H,4H2,1-3H3,(H,26,28)/t17-/m1/s1. The van der Waals surface area contributed by atoms with Crippen LogP contribution in [0.3, 0.4) is 0 Å². The number of hydrogen-bond donors (Lipinski definition) is 2. The normalized spacial score (nSPS) is 12.1. The third-order valence-electron chi connectivity index (χ3n) is 4.79. The SMILES string of the molecule is CCOc1ccc([C@@H](C)NC(=O)c2ccc(Cl)c(S(=O)(=O)Nc3cccc(C)c3)c2)cc1. The van der Waals surface area contributed by atoms with E-state index >= 15 is 0 Å². The van der Waals surface area contributed by atoms with Crippen molar-refractivity contribution in [2.45, 2.75) is 31.7 Å². The topological polar surface area (TPSA) is 84.5 Å². The number of anilines is 1. The van der Waals surface area contributed by atoms with E-state index in [1.807, 2.05) is 51.1 Å².